The van der Waals surface area contributed by atoms with E-state index in [1.165, 1.54) is 12.5 Å². The van der Waals surface area contributed by atoms with Crippen LogP contribution >= 0.6 is 0 Å². The van der Waals surface area contributed by atoms with Crippen molar-refractivity contribution in [3.05, 3.63) is 53.5 Å². The van der Waals surface area contributed by atoms with Gasteiger partial charge in [0.15, 0.2) is 0 Å². The van der Waals surface area contributed by atoms with Gasteiger partial charge in [0, 0.05) is 0 Å². The summed E-state index contributed by atoms with van der Waals surface area (Å²) in [7, 11) is -3.66. The smallest absolute Gasteiger partial charge is 0.276 e. The van der Waals surface area contributed by atoms with E-state index in [1.807, 2.05) is 13.0 Å². The predicted molar refractivity (Wildman–Crippen MR) is 72.5 cm³/mol. The molecule has 0 aliphatic rings. The van der Waals surface area contributed by atoms with E-state index in [2.05, 4.69) is 9.93 Å². The van der Waals surface area contributed by atoms with Crippen LogP contribution in [0, 0.1) is 13.8 Å². The molecule has 6 heteroatoms. The average molecular weight is 278 g/mol. The van der Waals surface area contributed by atoms with E-state index in [-0.39, 0.29) is 4.90 Å². The molecular weight excluding hydrogens is 264 g/mol. The van der Waals surface area contributed by atoms with Crippen molar-refractivity contribution in [3.8, 4) is 0 Å². The molecule has 0 radical (unpaired) electrons. The Bertz CT molecular complexity index is 689. The van der Waals surface area contributed by atoms with Crippen LogP contribution in [0.15, 0.2) is 51.0 Å². The van der Waals surface area contributed by atoms with Crippen LogP contribution in [0.25, 0.3) is 0 Å². The number of furan rings is 1. The summed E-state index contributed by atoms with van der Waals surface area (Å²) in [6, 6.07) is 8.61. The standard InChI is InChI=1S/C13H14N2O3S/c1-10-5-6-11(2)13(8-10)19(16,17)15-14-9-12-4-3-7-18-12/h3-9,15H,1-2H3/b14-9+. The molecule has 0 amide bonds. The number of benzene rings is 1. The summed E-state index contributed by atoms with van der Waals surface area (Å²) in [5.74, 6) is 0.476. The zero-order valence-corrected chi connectivity index (χ0v) is 11.4. The highest BCUT2D eigenvalue weighted by molar-refractivity contribution is 7.89. The quantitative estimate of drug-likeness (QED) is 0.688. The molecular formula is C13H14N2O3S. The maximum Gasteiger partial charge on any atom is 0.276 e. The highest BCUT2D eigenvalue weighted by Gasteiger charge is 2.15. The van der Waals surface area contributed by atoms with E-state index >= 15 is 0 Å². The molecule has 100 valence electrons. The fourth-order valence-electron chi connectivity index (χ4n) is 1.57. The van der Waals surface area contributed by atoms with Gasteiger partial charge in [-0.2, -0.15) is 18.4 Å². The van der Waals surface area contributed by atoms with Gasteiger partial charge < -0.3 is 4.42 Å². The minimum atomic E-state index is -3.66. The summed E-state index contributed by atoms with van der Waals surface area (Å²) >= 11 is 0. The lowest BCUT2D eigenvalue weighted by Crippen LogP contribution is -2.19. The molecule has 0 aliphatic heterocycles. The summed E-state index contributed by atoms with van der Waals surface area (Å²) in [5.41, 5.74) is 1.55. The second kappa shape index (κ2) is 5.27. The Kier molecular flexibility index (Phi) is 3.71. The van der Waals surface area contributed by atoms with Crippen LogP contribution in [-0.2, 0) is 10.0 Å². The number of hydrazone groups is 1. The molecule has 1 aromatic heterocycles. The Morgan fingerprint density at radius 3 is 2.74 bits per heavy atom. The first-order valence-electron chi connectivity index (χ1n) is 5.65. The van der Waals surface area contributed by atoms with Crippen LogP contribution in [0.4, 0.5) is 0 Å². The van der Waals surface area contributed by atoms with Gasteiger partial charge in [-0.25, -0.2) is 0 Å². The van der Waals surface area contributed by atoms with Crippen LogP contribution in [0.3, 0.4) is 0 Å². The molecule has 1 N–H and O–H groups in total. The third-order valence-electron chi connectivity index (χ3n) is 2.54. The molecule has 0 fully saturated rings. The fourth-order valence-corrected chi connectivity index (χ4v) is 2.69. The number of hydrogen-bond acceptors (Lipinski definition) is 4. The minimum Gasteiger partial charge on any atom is -0.463 e. The number of rotatable bonds is 4. The van der Waals surface area contributed by atoms with Gasteiger partial charge in [-0.05, 0) is 43.2 Å². The third kappa shape index (κ3) is 3.23. The molecule has 0 saturated heterocycles. The lowest BCUT2D eigenvalue weighted by Gasteiger charge is -2.07. The highest BCUT2D eigenvalue weighted by atomic mass is 32.2. The Balaban J connectivity index is 2.21. The van der Waals surface area contributed by atoms with Crippen LogP contribution in [0.5, 0.6) is 0 Å². The molecule has 2 rings (SSSR count). The predicted octanol–water partition coefficient (Wildman–Crippen LogP) is 2.21. The zero-order chi connectivity index (χ0) is 13.9. The number of hydrogen-bond donors (Lipinski definition) is 1. The molecule has 5 nitrogen and oxygen atoms in total. The van der Waals surface area contributed by atoms with Crippen LogP contribution < -0.4 is 4.83 Å². The second-order valence-corrected chi connectivity index (χ2v) is 5.77. The van der Waals surface area contributed by atoms with E-state index in [4.69, 9.17) is 4.42 Å². The first-order chi connectivity index (χ1) is 8.99. The fraction of sp³-hybridized carbons (Fsp3) is 0.154. The van der Waals surface area contributed by atoms with Gasteiger partial charge in [-0.1, -0.05) is 12.1 Å². The summed E-state index contributed by atoms with van der Waals surface area (Å²) in [6.45, 7) is 3.58. The van der Waals surface area contributed by atoms with Crippen molar-refractivity contribution in [2.45, 2.75) is 18.7 Å². The largest absolute Gasteiger partial charge is 0.463 e. The molecule has 0 saturated carbocycles. The topological polar surface area (TPSA) is 71.7 Å². The van der Waals surface area contributed by atoms with Crippen molar-refractivity contribution in [1.82, 2.24) is 4.83 Å². The molecule has 0 spiro atoms. The van der Waals surface area contributed by atoms with Crippen molar-refractivity contribution < 1.29 is 12.8 Å². The number of nitrogens with zero attached hydrogens (tertiary/aromatic N) is 1. The second-order valence-electron chi connectivity index (χ2n) is 4.14. The van der Waals surface area contributed by atoms with Crippen molar-refractivity contribution in [1.29, 1.82) is 0 Å². The third-order valence-corrected chi connectivity index (χ3v) is 3.91. The zero-order valence-electron chi connectivity index (χ0n) is 10.6. The SMILES string of the molecule is Cc1ccc(C)c(S(=O)(=O)N/N=C/c2ccco2)c1. The van der Waals surface area contributed by atoms with Gasteiger partial charge in [0.1, 0.15) is 5.76 Å². The number of aryl methyl sites for hydroxylation is 2. The van der Waals surface area contributed by atoms with E-state index < -0.39 is 10.0 Å². The molecule has 0 atom stereocenters. The van der Waals surface area contributed by atoms with Crippen LogP contribution in [-0.4, -0.2) is 14.6 Å². The van der Waals surface area contributed by atoms with Crippen molar-refractivity contribution in [2.75, 3.05) is 0 Å². The average Bonchev–Trinajstić information content (AvgIpc) is 2.85. The summed E-state index contributed by atoms with van der Waals surface area (Å²) < 4.78 is 29.2. The number of nitrogens with one attached hydrogen (secondary N) is 1. The van der Waals surface area contributed by atoms with Crippen molar-refractivity contribution >= 4 is 16.2 Å². The molecule has 1 heterocycles. The molecule has 0 aliphatic carbocycles. The van der Waals surface area contributed by atoms with E-state index in [9.17, 15) is 8.42 Å². The van der Waals surface area contributed by atoms with Crippen molar-refractivity contribution in [2.24, 2.45) is 5.10 Å². The van der Waals surface area contributed by atoms with Gasteiger partial charge in [0.25, 0.3) is 10.0 Å². The van der Waals surface area contributed by atoms with Gasteiger partial charge in [0.05, 0.1) is 17.4 Å². The Morgan fingerprint density at radius 1 is 1.26 bits per heavy atom. The van der Waals surface area contributed by atoms with E-state index in [0.717, 1.165) is 5.56 Å². The minimum absolute atomic E-state index is 0.226. The Labute approximate surface area is 112 Å². The molecule has 2 aromatic rings. The maximum absolute atomic E-state index is 12.1. The molecule has 0 bridgehead atoms. The first kappa shape index (κ1) is 13.4. The van der Waals surface area contributed by atoms with Gasteiger partial charge in [-0.15, -0.1) is 0 Å². The van der Waals surface area contributed by atoms with Crippen LogP contribution in [0.2, 0.25) is 0 Å². The molecule has 19 heavy (non-hydrogen) atoms. The van der Waals surface area contributed by atoms with Crippen LogP contribution in [0.1, 0.15) is 16.9 Å². The first-order valence-corrected chi connectivity index (χ1v) is 7.13. The van der Waals surface area contributed by atoms with Gasteiger partial charge >= 0.3 is 0 Å². The summed E-state index contributed by atoms with van der Waals surface area (Å²) in [5, 5.41) is 3.68. The number of sulfonamides is 1. The maximum atomic E-state index is 12.1. The molecule has 1 aromatic carbocycles. The Morgan fingerprint density at radius 2 is 2.05 bits per heavy atom. The monoisotopic (exact) mass is 278 g/mol. The normalized spacial score (nSPS) is 11.9. The summed E-state index contributed by atoms with van der Waals surface area (Å²) in [6.07, 6.45) is 2.79. The van der Waals surface area contributed by atoms with Crippen molar-refractivity contribution in [3.63, 3.8) is 0 Å². The van der Waals surface area contributed by atoms with E-state index in [1.54, 1.807) is 31.2 Å². The summed E-state index contributed by atoms with van der Waals surface area (Å²) in [4.78, 5) is 2.39. The van der Waals surface area contributed by atoms with Gasteiger partial charge in [-0.3, -0.25) is 0 Å². The lowest BCUT2D eigenvalue weighted by molar-refractivity contribution is 0.559. The Hall–Kier alpha value is -2.08. The molecule has 0 unspecified atom stereocenters. The van der Waals surface area contributed by atoms with Gasteiger partial charge in [0.2, 0.25) is 0 Å². The van der Waals surface area contributed by atoms with E-state index in [0.29, 0.717) is 11.3 Å². The highest BCUT2D eigenvalue weighted by Crippen LogP contribution is 2.16. The lowest BCUT2D eigenvalue weighted by atomic mass is 10.2.